The highest BCUT2D eigenvalue weighted by molar-refractivity contribution is 7.99. The lowest BCUT2D eigenvalue weighted by molar-refractivity contribution is -0.205. The van der Waals surface area contributed by atoms with Crippen molar-refractivity contribution < 1.29 is 29.0 Å². The Morgan fingerprint density at radius 1 is 1.27 bits per heavy atom. The van der Waals surface area contributed by atoms with Crippen LogP contribution in [0.2, 0.25) is 5.02 Å². The minimum atomic E-state index is -0.788. The lowest BCUT2D eigenvalue weighted by Crippen LogP contribution is -2.63. The minimum absolute atomic E-state index is 0.0707. The number of aliphatic hydroxyl groups excluding tert-OH is 1. The minimum Gasteiger partial charge on any atom is -0.461 e. The fourth-order valence-electron chi connectivity index (χ4n) is 9.00. The summed E-state index contributed by atoms with van der Waals surface area (Å²) in [6.45, 7) is 13.8. The summed E-state index contributed by atoms with van der Waals surface area (Å²) in [4.78, 5) is 41.9. The molecule has 4 aliphatic rings. The Balaban J connectivity index is 1.24. The molecule has 3 saturated carbocycles. The van der Waals surface area contributed by atoms with Crippen molar-refractivity contribution in [3.63, 3.8) is 0 Å². The van der Waals surface area contributed by atoms with Crippen molar-refractivity contribution in [2.45, 2.75) is 84.2 Å². The quantitative estimate of drug-likeness (QED) is 0.288. The molecule has 0 spiro atoms. The fourth-order valence-corrected chi connectivity index (χ4v) is 9.94. The van der Waals surface area contributed by atoms with Gasteiger partial charge in [0.1, 0.15) is 17.9 Å². The third kappa shape index (κ3) is 6.24. The number of ketones is 1. The number of rotatable bonds is 8. The first-order valence-corrected chi connectivity index (χ1v) is 17.8. The maximum atomic E-state index is 13.6. The molecule has 0 radical (unpaired) electrons. The smallest absolute Gasteiger partial charge is 0.316 e. The van der Waals surface area contributed by atoms with E-state index in [4.69, 9.17) is 26.8 Å². The third-order valence-corrected chi connectivity index (χ3v) is 13.3. The summed E-state index contributed by atoms with van der Waals surface area (Å²) < 4.78 is 12.3. The van der Waals surface area contributed by atoms with Gasteiger partial charge in [-0.05, 0) is 60.6 Å². The molecule has 10 heteroatoms. The van der Waals surface area contributed by atoms with Crippen molar-refractivity contribution in [2.75, 3.05) is 31.2 Å². The largest absolute Gasteiger partial charge is 0.461 e. The van der Waals surface area contributed by atoms with E-state index < -0.39 is 29.1 Å². The Morgan fingerprint density at radius 3 is 2.67 bits per heavy atom. The van der Waals surface area contributed by atoms with Gasteiger partial charge in [-0.25, -0.2) is 0 Å². The van der Waals surface area contributed by atoms with Gasteiger partial charge in [0.05, 0.1) is 24.6 Å². The number of amides is 1. The number of carbonyl (C=O) groups excluding carboxylic acids is 3. The van der Waals surface area contributed by atoms with Crippen LogP contribution in [-0.2, 0) is 23.9 Å². The van der Waals surface area contributed by atoms with Crippen molar-refractivity contribution in [2.24, 2.45) is 39.7 Å². The summed E-state index contributed by atoms with van der Waals surface area (Å²) in [5, 5.41) is 12.3. The van der Waals surface area contributed by atoms with Crippen LogP contribution >= 0.6 is 23.4 Å². The van der Waals surface area contributed by atoms with Gasteiger partial charge < -0.3 is 25.2 Å². The molecule has 10 atom stereocenters. The first-order chi connectivity index (χ1) is 21.3. The Morgan fingerprint density at radius 2 is 1.98 bits per heavy atom. The van der Waals surface area contributed by atoms with Gasteiger partial charge in [-0.15, -0.1) is 18.3 Å². The zero-order chi connectivity index (χ0) is 32.7. The van der Waals surface area contributed by atoms with Gasteiger partial charge in [-0.1, -0.05) is 57.5 Å². The van der Waals surface area contributed by atoms with Crippen molar-refractivity contribution >= 4 is 41.0 Å². The lowest BCUT2D eigenvalue weighted by atomic mass is 9.44. The molecule has 8 nitrogen and oxygen atoms in total. The van der Waals surface area contributed by atoms with E-state index in [0.29, 0.717) is 48.9 Å². The highest BCUT2D eigenvalue weighted by Gasteiger charge is 2.68. The second-order valence-electron chi connectivity index (χ2n) is 14.4. The molecule has 45 heavy (non-hydrogen) atoms. The molecule has 0 aromatic heterocycles. The monoisotopic (exact) mass is 660 g/mol. The number of nitrogens with two attached hydrogens (primary N) is 1. The van der Waals surface area contributed by atoms with Gasteiger partial charge in [0, 0.05) is 47.0 Å². The van der Waals surface area contributed by atoms with E-state index in [1.807, 2.05) is 13.0 Å². The van der Waals surface area contributed by atoms with Crippen molar-refractivity contribution in [3.05, 3.63) is 47.5 Å². The van der Waals surface area contributed by atoms with Crippen LogP contribution in [0.5, 0.6) is 0 Å². The summed E-state index contributed by atoms with van der Waals surface area (Å²) in [6, 6.07) is 6.17. The molecule has 3 unspecified atom stereocenters. The number of carbonyl (C=O) groups is 3. The molecule has 1 saturated heterocycles. The zero-order valence-electron chi connectivity index (χ0n) is 27.0. The number of nitrogens with zero attached hydrogens (tertiary/aromatic N) is 1. The third-order valence-electron chi connectivity index (χ3n) is 12.0. The number of benzene rings is 1. The molecule has 1 heterocycles. The number of ether oxygens (including phenoxy) is 2. The van der Waals surface area contributed by atoms with Crippen LogP contribution < -0.4 is 5.73 Å². The van der Waals surface area contributed by atoms with Crippen LogP contribution in [0.15, 0.2) is 36.9 Å². The number of morpholine rings is 1. The van der Waals surface area contributed by atoms with Crippen molar-refractivity contribution in [1.29, 1.82) is 0 Å². The molecule has 2 bridgehead atoms. The molecule has 4 fully saturated rings. The Hall–Kier alpha value is -1.91. The van der Waals surface area contributed by atoms with E-state index in [1.54, 1.807) is 29.2 Å². The Kier molecular flexibility index (Phi) is 10.2. The normalized spacial score (nSPS) is 38.9. The van der Waals surface area contributed by atoms with Crippen LogP contribution in [0.1, 0.15) is 71.4 Å². The van der Waals surface area contributed by atoms with Crippen LogP contribution in [-0.4, -0.2) is 77.2 Å². The maximum absolute atomic E-state index is 13.6. The highest BCUT2D eigenvalue weighted by Crippen LogP contribution is 2.68. The van der Waals surface area contributed by atoms with Gasteiger partial charge in [-0.3, -0.25) is 14.4 Å². The summed E-state index contributed by atoms with van der Waals surface area (Å²) in [6.07, 6.45) is 3.86. The van der Waals surface area contributed by atoms with Gasteiger partial charge in [0.25, 0.3) is 0 Å². The van der Waals surface area contributed by atoms with Crippen molar-refractivity contribution in [3.8, 4) is 0 Å². The number of hydrogen-bond donors (Lipinski definition) is 2. The first-order valence-electron chi connectivity index (χ1n) is 16.3. The average molecular weight is 661 g/mol. The van der Waals surface area contributed by atoms with Gasteiger partial charge in [-0.2, -0.15) is 0 Å². The van der Waals surface area contributed by atoms with Crippen LogP contribution in [0, 0.1) is 34.0 Å². The van der Waals surface area contributed by atoms with E-state index in [0.717, 1.165) is 19.3 Å². The molecule has 1 aromatic rings. The molecule has 1 aliphatic heterocycles. The van der Waals surface area contributed by atoms with E-state index in [2.05, 4.69) is 27.4 Å². The van der Waals surface area contributed by atoms with Crippen LogP contribution in [0.4, 0.5) is 0 Å². The maximum Gasteiger partial charge on any atom is 0.316 e. The van der Waals surface area contributed by atoms with Gasteiger partial charge >= 0.3 is 5.97 Å². The summed E-state index contributed by atoms with van der Waals surface area (Å²) in [5.41, 5.74) is 5.46. The summed E-state index contributed by atoms with van der Waals surface area (Å²) >= 11 is 7.39. The fraction of sp³-hybridized carbons (Fsp3) is 0.686. The van der Waals surface area contributed by atoms with Crippen LogP contribution in [0.3, 0.4) is 0 Å². The van der Waals surface area contributed by atoms with E-state index >= 15 is 0 Å². The molecule has 3 N–H and O–H groups in total. The average Bonchev–Trinajstić information content (AvgIpc) is 3.39. The SMILES string of the molecule is C=C[C@]1(C)C[C@@H](OC(=O)CSCC2CN(C(=O)[C@@H](N)c3ccc(Cl)cc3)CCO2)[C@]2(C)C(C)CC[C@]3(CCC(=O)C32)[C@@H](C)[C@@H]1O. The zero-order valence-corrected chi connectivity index (χ0v) is 28.6. The second kappa shape index (κ2) is 13.3. The molecule has 1 amide bonds. The molecule has 1 aromatic carbocycles. The van der Waals surface area contributed by atoms with E-state index in [9.17, 15) is 19.5 Å². The standard InChI is InChI=1S/C35H49ClN2O6S/c1-6-33(4)17-27(34(5)21(2)11-13-35(22(3)31(33)41)14-12-26(39)30(34)35)44-28(40)20-45-19-25-18-38(15-16-43-25)32(42)29(37)23-7-9-24(36)10-8-23/h6-10,21-22,25,27,29-31,41H,1,11-20,37H2,2-5H3/t21?,22-,25?,27+,29-,30?,31-,33+,34-,35-/m0/s1. The Labute approximate surface area is 276 Å². The highest BCUT2D eigenvalue weighted by atomic mass is 35.5. The van der Waals surface area contributed by atoms with E-state index in [1.165, 1.54) is 11.8 Å². The number of hydrogen-bond acceptors (Lipinski definition) is 8. The number of halogens is 1. The lowest BCUT2D eigenvalue weighted by Gasteiger charge is -2.61. The number of aliphatic hydroxyl groups is 1. The molecular formula is C35H49ClN2O6S. The number of esters is 1. The number of Topliss-reactive ketones (excluding diaryl/α,β-unsaturated/α-hetero) is 1. The number of thioether (sulfide) groups is 1. The van der Waals surface area contributed by atoms with Gasteiger partial charge in [0.2, 0.25) is 5.91 Å². The van der Waals surface area contributed by atoms with Gasteiger partial charge in [0.15, 0.2) is 0 Å². The molecular weight excluding hydrogens is 612 g/mol. The molecule has 3 aliphatic carbocycles. The summed E-state index contributed by atoms with van der Waals surface area (Å²) in [5.74, 6) is 0.208. The van der Waals surface area contributed by atoms with Crippen LogP contribution in [0.25, 0.3) is 0 Å². The first kappa shape index (κ1) is 34.4. The van der Waals surface area contributed by atoms with Crippen molar-refractivity contribution in [1.82, 2.24) is 4.90 Å². The predicted octanol–water partition coefficient (Wildman–Crippen LogP) is 5.21. The second-order valence-corrected chi connectivity index (χ2v) is 15.9. The molecule has 248 valence electrons. The van der Waals surface area contributed by atoms with E-state index in [-0.39, 0.29) is 52.7 Å². The molecule has 5 rings (SSSR count). The topological polar surface area (TPSA) is 119 Å². The summed E-state index contributed by atoms with van der Waals surface area (Å²) in [7, 11) is 0. The Bertz CT molecular complexity index is 1300. The predicted molar refractivity (Wildman–Crippen MR) is 177 cm³/mol.